The number of nitrogens with zero attached hydrogens (tertiary/aromatic N) is 1. The van der Waals surface area contributed by atoms with Crippen molar-refractivity contribution in [3.05, 3.63) is 0 Å². The summed E-state index contributed by atoms with van der Waals surface area (Å²) in [7, 11) is 5.72. The quantitative estimate of drug-likeness (QED) is 0.426. The number of ether oxygens (including phenoxy) is 4. The van der Waals surface area contributed by atoms with Gasteiger partial charge in [0.25, 0.3) is 0 Å². The maximum Gasteiger partial charge on any atom is 0.309 e. The summed E-state index contributed by atoms with van der Waals surface area (Å²) in [5.41, 5.74) is -2.66. The van der Waals surface area contributed by atoms with E-state index in [9.17, 15) is 19.8 Å². The Bertz CT molecular complexity index is 839. The van der Waals surface area contributed by atoms with Gasteiger partial charge in [-0.1, -0.05) is 27.7 Å². The molecule has 0 spiro atoms. The topological polar surface area (TPSA) is 127 Å². The Morgan fingerprint density at radius 2 is 1.68 bits per heavy atom. The molecule has 2 aliphatic heterocycles. The van der Waals surface area contributed by atoms with Crippen molar-refractivity contribution in [3.63, 3.8) is 0 Å². The molecular weight excluding hydrogens is 516 g/mol. The van der Waals surface area contributed by atoms with Gasteiger partial charge in [0.1, 0.15) is 17.8 Å². The molecule has 10 nitrogen and oxygen atoms in total. The zero-order valence-corrected chi connectivity index (χ0v) is 26.6. The van der Waals surface area contributed by atoms with Gasteiger partial charge < -0.3 is 39.4 Å². The van der Waals surface area contributed by atoms with Crippen LogP contribution in [0.5, 0.6) is 0 Å². The minimum Gasteiger partial charge on any atom is -0.459 e. The Balaban J connectivity index is 2.48. The van der Waals surface area contributed by atoms with Crippen LogP contribution in [-0.2, 0) is 28.5 Å². The van der Waals surface area contributed by atoms with Crippen LogP contribution < -0.4 is 5.32 Å². The van der Waals surface area contributed by atoms with E-state index < -0.39 is 59.7 Å². The number of rotatable bonds is 5. The standard InChI is InChI=1S/C30H56N2O8/c1-12-23-30(8,36)25(33)21(6)31-27(34)19(4)16-29(7,37-11)26(17(2)13-18(3)28(35)39-23)40-24-15-22(32(9)10)14-20(5)38-24/h17-26,33,36H,12-16H2,1-11H3,(H,31,34)/t17-,18?,19+,20?,21?,22?,23+,24?,25?,26+,29+,30+/m0/s1. The van der Waals surface area contributed by atoms with Crippen molar-refractivity contribution in [2.75, 3.05) is 21.2 Å². The second-order valence-corrected chi connectivity index (χ2v) is 13.1. The first kappa shape index (κ1) is 34.9. The fourth-order valence-corrected chi connectivity index (χ4v) is 6.43. The molecule has 0 aliphatic carbocycles. The van der Waals surface area contributed by atoms with E-state index in [1.54, 1.807) is 27.9 Å². The number of aliphatic hydroxyl groups excluding tert-OH is 1. The number of carbonyl (C=O) groups is 2. The minimum absolute atomic E-state index is 0.0165. The van der Waals surface area contributed by atoms with Gasteiger partial charge in [-0.2, -0.15) is 0 Å². The van der Waals surface area contributed by atoms with Crippen molar-refractivity contribution in [2.24, 2.45) is 17.8 Å². The molecule has 10 heteroatoms. The predicted molar refractivity (Wildman–Crippen MR) is 152 cm³/mol. The lowest BCUT2D eigenvalue weighted by atomic mass is 9.79. The number of aliphatic hydroxyl groups is 2. The lowest BCUT2D eigenvalue weighted by molar-refractivity contribution is -0.265. The smallest absolute Gasteiger partial charge is 0.309 e. The van der Waals surface area contributed by atoms with Gasteiger partial charge >= 0.3 is 5.97 Å². The van der Waals surface area contributed by atoms with Gasteiger partial charge in [-0.25, -0.2) is 0 Å². The number of esters is 1. The van der Waals surface area contributed by atoms with Crippen LogP contribution in [0.1, 0.15) is 87.5 Å². The van der Waals surface area contributed by atoms with Gasteiger partial charge in [0, 0.05) is 25.5 Å². The summed E-state index contributed by atoms with van der Waals surface area (Å²) < 4.78 is 24.8. The number of amides is 1. The molecule has 0 radical (unpaired) electrons. The van der Waals surface area contributed by atoms with Crippen molar-refractivity contribution in [2.45, 2.75) is 141 Å². The largest absolute Gasteiger partial charge is 0.459 e. The van der Waals surface area contributed by atoms with E-state index in [0.717, 1.165) is 6.42 Å². The molecule has 0 bridgehead atoms. The minimum atomic E-state index is -1.77. The zero-order valence-electron chi connectivity index (χ0n) is 26.6. The van der Waals surface area contributed by atoms with Crippen LogP contribution in [0.2, 0.25) is 0 Å². The highest BCUT2D eigenvalue weighted by atomic mass is 16.7. The summed E-state index contributed by atoms with van der Waals surface area (Å²) >= 11 is 0. The predicted octanol–water partition coefficient (Wildman–Crippen LogP) is 2.87. The number of carbonyl (C=O) groups excluding carboxylic acids is 2. The molecule has 0 saturated carbocycles. The normalized spacial score (nSPS) is 44.9. The van der Waals surface area contributed by atoms with Crippen molar-refractivity contribution in [1.82, 2.24) is 10.2 Å². The van der Waals surface area contributed by atoms with E-state index in [2.05, 4.69) is 24.3 Å². The van der Waals surface area contributed by atoms with Gasteiger partial charge in [0.15, 0.2) is 6.29 Å². The molecule has 6 unspecified atom stereocenters. The highest BCUT2D eigenvalue weighted by Gasteiger charge is 2.47. The van der Waals surface area contributed by atoms with Gasteiger partial charge in [-0.15, -0.1) is 0 Å². The average molecular weight is 573 g/mol. The fraction of sp³-hybridized carbons (Fsp3) is 0.933. The number of methoxy groups -OCH3 is 1. The molecule has 0 aromatic carbocycles. The first-order valence-corrected chi connectivity index (χ1v) is 14.9. The third-order valence-corrected chi connectivity index (χ3v) is 9.08. The van der Waals surface area contributed by atoms with Crippen LogP contribution >= 0.6 is 0 Å². The molecule has 2 fully saturated rings. The van der Waals surface area contributed by atoms with Crippen LogP contribution in [0, 0.1) is 17.8 Å². The van der Waals surface area contributed by atoms with Crippen LogP contribution in [-0.4, -0.2) is 102 Å². The van der Waals surface area contributed by atoms with Gasteiger partial charge in [0.2, 0.25) is 5.91 Å². The molecule has 0 aromatic rings. The Labute approximate surface area is 241 Å². The molecule has 3 N–H and O–H groups in total. The SMILES string of the molecule is CC[C@H]1OC(=O)C(C)C[C@H](C)[C@@H](OC2CC(N(C)C)CC(C)O2)[C@](C)(OC)C[C@@H](C)C(=O)NC(C)C(O)[C@]1(C)O. The summed E-state index contributed by atoms with van der Waals surface area (Å²) in [6.45, 7) is 14.5. The fourth-order valence-electron chi connectivity index (χ4n) is 6.43. The lowest BCUT2D eigenvalue weighted by Gasteiger charge is -2.45. The van der Waals surface area contributed by atoms with E-state index in [-0.39, 0.29) is 17.9 Å². The van der Waals surface area contributed by atoms with E-state index in [4.69, 9.17) is 18.9 Å². The van der Waals surface area contributed by atoms with Crippen LogP contribution in [0.3, 0.4) is 0 Å². The Morgan fingerprint density at radius 1 is 1.05 bits per heavy atom. The van der Waals surface area contributed by atoms with Crippen molar-refractivity contribution in [1.29, 1.82) is 0 Å². The van der Waals surface area contributed by atoms with Crippen molar-refractivity contribution in [3.8, 4) is 0 Å². The molecule has 12 atom stereocenters. The molecule has 0 aromatic heterocycles. The van der Waals surface area contributed by atoms with Crippen molar-refractivity contribution >= 4 is 11.9 Å². The molecule has 2 saturated heterocycles. The Kier molecular flexibility index (Phi) is 12.4. The summed E-state index contributed by atoms with van der Waals surface area (Å²) in [5, 5.41) is 25.1. The van der Waals surface area contributed by atoms with Crippen LogP contribution in [0.4, 0.5) is 0 Å². The summed E-state index contributed by atoms with van der Waals surface area (Å²) in [6.07, 6.45) is -0.612. The molecule has 2 aliphatic rings. The molecule has 40 heavy (non-hydrogen) atoms. The molecular formula is C30H56N2O8. The summed E-state index contributed by atoms with van der Waals surface area (Å²) in [5.74, 6) is -1.91. The first-order chi connectivity index (χ1) is 18.5. The number of hydrogen-bond donors (Lipinski definition) is 3. The second-order valence-electron chi connectivity index (χ2n) is 13.1. The summed E-state index contributed by atoms with van der Waals surface area (Å²) in [4.78, 5) is 28.7. The molecule has 234 valence electrons. The number of nitrogens with one attached hydrogen (secondary N) is 1. The lowest BCUT2D eigenvalue weighted by Crippen LogP contribution is -2.59. The first-order valence-electron chi connectivity index (χ1n) is 14.9. The molecule has 2 rings (SSSR count). The monoisotopic (exact) mass is 572 g/mol. The number of cyclic esters (lactones) is 1. The molecule has 1 amide bonds. The zero-order chi connectivity index (χ0) is 30.6. The maximum absolute atomic E-state index is 13.3. The number of hydrogen-bond acceptors (Lipinski definition) is 9. The van der Waals surface area contributed by atoms with Crippen LogP contribution in [0.15, 0.2) is 0 Å². The average Bonchev–Trinajstić information content (AvgIpc) is 2.88. The Hall–Kier alpha value is -1.30. The van der Waals surface area contributed by atoms with E-state index in [1.807, 2.05) is 27.7 Å². The molecule has 2 heterocycles. The third kappa shape index (κ3) is 8.38. The van der Waals surface area contributed by atoms with E-state index in [1.165, 1.54) is 6.92 Å². The van der Waals surface area contributed by atoms with Gasteiger partial charge in [-0.3, -0.25) is 9.59 Å². The van der Waals surface area contributed by atoms with Crippen LogP contribution in [0.25, 0.3) is 0 Å². The van der Waals surface area contributed by atoms with E-state index in [0.29, 0.717) is 31.7 Å². The highest BCUT2D eigenvalue weighted by Crippen LogP contribution is 2.37. The van der Waals surface area contributed by atoms with Gasteiger partial charge in [0.05, 0.1) is 29.8 Å². The van der Waals surface area contributed by atoms with Crippen molar-refractivity contribution < 1.29 is 38.7 Å². The van der Waals surface area contributed by atoms with E-state index >= 15 is 0 Å². The maximum atomic E-state index is 13.3. The van der Waals surface area contributed by atoms with Gasteiger partial charge in [-0.05, 0) is 73.4 Å². The third-order valence-electron chi connectivity index (χ3n) is 9.08. The second kappa shape index (κ2) is 14.2. The Morgan fingerprint density at radius 3 is 2.23 bits per heavy atom. The summed E-state index contributed by atoms with van der Waals surface area (Å²) in [6, 6.07) is -0.495. The highest BCUT2D eigenvalue weighted by molar-refractivity contribution is 5.78.